The van der Waals surface area contributed by atoms with Crippen molar-refractivity contribution in [3.63, 3.8) is 0 Å². The van der Waals surface area contributed by atoms with Crippen molar-refractivity contribution in [2.24, 2.45) is 0 Å². The van der Waals surface area contributed by atoms with Crippen molar-refractivity contribution in [3.8, 4) is 17.2 Å². The zero-order chi connectivity index (χ0) is 21.9. The van der Waals surface area contributed by atoms with E-state index in [-0.39, 0.29) is 31.4 Å². The Morgan fingerprint density at radius 3 is 2.66 bits per heavy atom. The van der Waals surface area contributed by atoms with E-state index in [1.54, 1.807) is 21.1 Å². The van der Waals surface area contributed by atoms with Crippen LogP contribution < -0.4 is 24.0 Å². The summed E-state index contributed by atoms with van der Waals surface area (Å²) >= 11 is 1.60. The Morgan fingerprint density at radius 1 is 0.969 bits per heavy atom. The van der Waals surface area contributed by atoms with Gasteiger partial charge < -0.3 is 24.0 Å². The number of hydrogen-bond acceptors (Lipinski definition) is 6. The molecule has 2 amide bonds. The van der Waals surface area contributed by atoms with E-state index in [2.05, 4.69) is 0 Å². The average Bonchev–Trinajstić information content (AvgIpc) is 3.35. The lowest BCUT2D eigenvalue weighted by molar-refractivity contribution is -0.121. The third-order valence-electron chi connectivity index (χ3n) is 5.39. The second-order valence-electron chi connectivity index (χ2n) is 7.44. The van der Waals surface area contributed by atoms with Crippen molar-refractivity contribution in [2.45, 2.75) is 13.0 Å². The normalized spacial score (nSPS) is 14.5. The second-order valence-corrected chi connectivity index (χ2v) is 8.47. The van der Waals surface area contributed by atoms with E-state index in [4.69, 9.17) is 14.2 Å². The van der Waals surface area contributed by atoms with Crippen LogP contribution in [0.2, 0.25) is 0 Å². The Hall–Kier alpha value is -3.52. The Labute approximate surface area is 189 Å². The summed E-state index contributed by atoms with van der Waals surface area (Å²) < 4.78 is 16.8. The lowest BCUT2D eigenvalue weighted by atomic mass is 10.2. The first-order valence-corrected chi connectivity index (χ1v) is 11.3. The fourth-order valence-electron chi connectivity index (χ4n) is 3.82. The molecule has 0 unspecified atom stereocenters. The van der Waals surface area contributed by atoms with E-state index >= 15 is 0 Å². The van der Waals surface area contributed by atoms with Crippen LogP contribution in [-0.4, -0.2) is 38.2 Å². The van der Waals surface area contributed by atoms with E-state index in [0.717, 1.165) is 10.6 Å². The SMILES string of the molecule is O=C(CCN1C(=O)COc2ccccc21)N(Cc1cccs1)c1ccc2c(c1)OCCO2. The van der Waals surface area contributed by atoms with Gasteiger partial charge in [-0.2, -0.15) is 0 Å². The van der Waals surface area contributed by atoms with Crippen LogP contribution in [0.5, 0.6) is 17.2 Å². The molecule has 0 fully saturated rings. The largest absolute Gasteiger partial charge is 0.486 e. The van der Waals surface area contributed by atoms with Crippen LogP contribution in [-0.2, 0) is 16.1 Å². The van der Waals surface area contributed by atoms with Gasteiger partial charge >= 0.3 is 0 Å². The summed E-state index contributed by atoms with van der Waals surface area (Å²) in [5.74, 6) is 1.74. The van der Waals surface area contributed by atoms with Gasteiger partial charge in [0.25, 0.3) is 5.91 Å². The molecule has 0 atom stereocenters. The number of anilines is 2. The zero-order valence-electron chi connectivity index (χ0n) is 17.4. The minimum Gasteiger partial charge on any atom is -0.486 e. The highest BCUT2D eigenvalue weighted by Gasteiger charge is 2.27. The third kappa shape index (κ3) is 4.13. The van der Waals surface area contributed by atoms with Gasteiger partial charge in [-0.25, -0.2) is 0 Å². The van der Waals surface area contributed by atoms with Gasteiger partial charge in [-0.3, -0.25) is 9.59 Å². The summed E-state index contributed by atoms with van der Waals surface area (Å²) in [5.41, 5.74) is 1.43. The van der Waals surface area contributed by atoms with Crippen LogP contribution >= 0.6 is 11.3 Å². The quantitative estimate of drug-likeness (QED) is 0.570. The zero-order valence-corrected chi connectivity index (χ0v) is 18.2. The third-order valence-corrected chi connectivity index (χ3v) is 6.25. The summed E-state index contributed by atoms with van der Waals surface area (Å²) in [7, 11) is 0. The van der Waals surface area contributed by atoms with E-state index in [0.29, 0.717) is 42.7 Å². The Bertz CT molecular complexity index is 1130. The maximum Gasteiger partial charge on any atom is 0.265 e. The first-order chi connectivity index (χ1) is 15.7. The molecular formula is C24H22N2O5S. The molecule has 1 aromatic heterocycles. The van der Waals surface area contributed by atoms with Gasteiger partial charge in [0.2, 0.25) is 5.91 Å². The summed E-state index contributed by atoms with van der Waals surface area (Å²) in [6.45, 7) is 1.70. The summed E-state index contributed by atoms with van der Waals surface area (Å²) in [6.07, 6.45) is 0.180. The molecule has 32 heavy (non-hydrogen) atoms. The minimum absolute atomic E-state index is 0.0216. The summed E-state index contributed by atoms with van der Waals surface area (Å²) in [5, 5.41) is 1.99. The van der Waals surface area contributed by atoms with Crippen molar-refractivity contribution in [2.75, 3.05) is 36.2 Å². The molecule has 0 spiro atoms. The molecule has 8 heteroatoms. The standard InChI is InChI=1S/C24H22N2O5S/c27-23(9-10-25-19-5-1-2-6-20(19)31-16-24(25)28)26(15-18-4-3-13-32-18)17-7-8-21-22(14-17)30-12-11-29-21/h1-8,13-14H,9-12,15-16H2. The van der Waals surface area contributed by atoms with Gasteiger partial charge in [-0.15, -0.1) is 11.3 Å². The number of ether oxygens (including phenoxy) is 3. The van der Waals surface area contributed by atoms with Crippen molar-refractivity contribution in [1.82, 2.24) is 0 Å². The fraction of sp³-hybridized carbons (Fsp3) is 0.250. The number of para-hydroxylation sites is 2. The molecule has 2 aliphatic heterocycles. The number of fused-ring (bicyclic) bond motifs is 2. The maximum atomic E-state index is 13.4. The highest BCUT2D eigenvalue weighted by atomic mass is 32.1. The number of nitrogens with zero attached hydrogens (tertiary/aromatic N) is 2. The van der Waals surface area contributed by atoms with E-state index < -0.39 is 0 Å². The van der Waals surface area contributed by atoms with E-state index in [1.165, 1.54) is 0 Å². The number of hydrogen-bond donors (Lipinski definition) is 0. The molecule has 0 bridgehead atoms. The van der Waals surface area contributed by atoms with Crippen molar-refractivity contribution < 1.29 is 23.8 Å². The number of amides is 2. The number of carbonyl (C=O) groups is 2. The van der Waals surface area contributed by atoms with Gasteiger partial charge in [0, 0.05) is 29.6 Å². The van der Waals surface area contributed by atoms with Crippen molar-refractivity contribution in [3.05, 3.63) is 64.9 Å². The number of rotatable bonds is 6. The van der Waals surface area contributed by atoms with Crippen LogP contribution in [0.3, 0.4) is 0 Å². The Balaban J connectivity index is 1.37. The fourth-order valence-corrected chi connectivity index (χ4v) is 4.52. The van der Waals surface area contributed by atoms with Gasteiger partial charge in [0.15, 0.2) is 18.1 Å². The van der Waals surface area contributed by atoms with Crippen LogP contribution in [0.15, 0.2) is 60.0 Å². The molecule has 0 saturated heterocycles. The lowest BCUT2D eigenvalue weighted by Crippen LogP contribution is -2.41. The van der Waals surface area contributed by atoms with E-state index in [1.807, 2.05) is 60.0 Å². The molecule has 0 aliphatic carbocycles. The molecule has 5 rings (SSSR count). The lowest BCUT2D eigenvalue weighted by Gasteiger charge is -2.30. The molecule has 2 aromatic carbocycles. The van der Waals surface area contributed by atoms with Gasteiger partial charge in [-0.1, -0.05) is 18.2 Å². The minimum atomic E-state index is -0.152. The number of carbonyl (C=O) groups excluding carboxylic acids is 2. The Morgan fingerprint density at radius 2 is 1.81 bits per heavy atom. The van der Waals surface area contributed by atoms with Crippen LogP contribution in [0, 0.1) is 0 Å². The molecule has 3 heterocycles. The second kappa shape index (κ2) is 8.92. The van der Waals surface area contributed by atoms with Gasteiger partial charge in [0.05, 0.1) is 12.2 Å². The topological polar surface area (TPSA) is 68.3 Å². The van der Waals surface area contributed by atoms with Gasteiger partial charge in [-0.05, 0) is 35.7 Å². The van der Waals surface area contributed by atoms with Gasteiger partial charge in [0.1, 0.15) is 19.0 Å². The predicted octanol–water partition coefficient (Wildman–Crippen LogP) is 3.87. The highest BCUT2D eigenvalue weighted by molar-refractivity contribution is 7.09. The average molecular weight is 451 g/mol. The maximum absolute atomic E-state index is 13.4. The first-order valence-electron chi connectivity index (χ1n) is 10.4. The predicted molar refractivity (Wildman–Crippen MR) is 122 cm³/mol. The number of benzene rings is 2. The summed E-state index contributed by atoms with van der Waals surface area (Å²) in [6, 6.07) is 16.9. The monoisotopic (exact) mass is 450 g/mol. The molecule has 0 saturated carbocycles. The molecule has 164 valence electrons. The Kier molecular flexibility index (Phi) is 5.68. The van der Waals surface area contributed by atoms with Crippen LogP contribution in [0.1, 0.15) is 11.3 Å². The van der Waals surface area contributed by atoms with Crippen molar-refractivity contribution >= 4 is 34.5 Å². The molecule has 7 nitrogen and oxygen atoms in total. The highest BCUT2D eigenvalue weighted by Crippen LogP contribution is 2.35. The molecule has 0 radical (unpaired) electrons. The molecular weight excluding hydrogens is 428 g/mol. The summed E-state index contributed by atoms with van der Waals surface area (Å²) in [4.78, 5) is 30.3. The molecule has 3 aromatic rings. The first kappa shape index (κ1) is 20.4. The van der Waals surface area contributed by atoms with E-state index in [9.17, 15) is 9.59 Å². The van der Waals surface area contributed by atoms with Crippen LogP contribution in [0.4, 0.5) is 11.4 Å². The van der Waals surface area contributed by atoms with Crippen LogP contribution in [0.25, 0.3) is 0 Å². The van der Waals surface area contributed by atoms with Crippen molar-refractivity contribution in [1.29, 1.82) is 0 Å². The smallest absolute Gasteiger partial charge is 0.265 e. The molecule has 2 aliphatic rings. The molecule has 0 N–H and O–H groups in total. The number of thiophene rings is 1.